The first-order chi connectivity index (χ1) is 12.3. The number of carbonyl (C=O) groups is 1. The third kappa shape index (κ3) is 4.62. The molecule has 1 aromatic carbocycles. The highest BCUT2D eigenvalue weighted by Gasteiger charge is 2.14. The minimum atomic E-state index is -0.256. The number of pyridine rings is 1. The summed E-state index contributed by atoms with van der Waals surface area (Å²) in [6.45, 7) is 4.12. The van der Waals surface area contributed by atoms with Crippen molar-refractivity contribution in [2.24, 2.45) is 0 Å². The van der Waals surface area contributed by atoms with E-state index in [0.29, 0.717) is 36.1 Å². The van der Waals surface area contributed by atoms with Crippen LogP contribution in [0.4, 0.5) is 11.4 Å². The molecular formula is C19H23N3O3. The molecule has 0 bridgehead atoms. The summed E-state index contributed by atoms with van der Waals surface area (Å²) in [7, 11) is 0. The fourth-order valence-electron chi connectivity index (χ4n) is 2.59. The number of hydrogen-bond donors (Lipinski definition) is 2. The van der Waals surface area contributed by atoms with Crippen LogP contribution in [0.2, 0.25) is 0 Å². The molecule has 2 heterocycles. The van der Waals surface area contributed by atoms with Crippen LogP contribution in [0.3, 0.4) is 0 Å². The number of nitrogens with one attached hydrogen (secondary N) is 2. The Bertz CT molecular complexity index is 734. The summed E-state index contributed by atoms with van der Waals surface area (Å²) in [5, 5.41) is 6.17. The number of carbonyl (C=O) groups excluding carboxylic acids is 1. The van der Waals surface area contributed by atoms with Crippen LogP contribution in [-0.4, -0.2) is 30.6 Å². The normalized spacial score (nSPS) is 12.5. The molecule has 0 saturated carbocycles. The zero-order valence-corrected chi connectivity index (χ0v) is 14.4. The minimum absolute atomic E-state index is 0.256. The highest BCUT2D eigenvalue weighted by Crippen LogP contribution is 2.32. The molecule has 1 aliphatic rings. The lowest BCUT2D eigenvalue weighted by Gasteiger charge is -2.19. The second kappa shape index (κ2) is 8.37. The van der Waals surface area contributed by atoms with Gasteiger partial charge >= 0.3 is 0 Å². The van der Waals surface area contributed by atoms with Crippen LogP contribution in [-0.2, 0) is 0 Å². The number of ether oxygens (including phenoxy) is 2. The van der Waals surface area contributed by atoms with Gasteiger partial charge in [0.15, 0.2) is 11.5 Å². The highest BCUT2D eigenvalue weighted by molar-refractivity contribution is 6.03. The predicted octanol–water partition coefficient (Wildman–Crippen LogP) is 3.71. The average Bonchev–Trinajstić information content (AvgIpc) is 2.65. The Morgan fingerprint density at radius 1 is 1.08 bits per heavy atom. The van der Waals surface area contributed by atoms with Crippen molar-refractivity contribution in [1.29, 1.82) is 0 Å². The van der Waals surface area contributed by atoms with Gasteiger partial charge in [-0.05, 0) is 30.7 Å². The van der Waals surface area contributed by atoms with E-state index in [9.17, 15) is 4.79 Å². The predicted molar refractivity (Wildman–Crippen MR) is 97.6 cm³/mol. The van der Waals surface area contributed by atoms with Gasteiger partial charge in [0.2, 0.25) is 0 Å². The van der Waals surface area contributed by atoms with E-state index in [1.54, 1.807) is 30.5 Å². The molecule has 2 N–H and O–H groups in total. The first kappa shape index (κ1) is 17.1. The average molecular weight is 341 g/mol. The number of anilines is 2. The SMILES string of the molecule is CCCCCNc1ccnc(C(=O)Nc2ccc3c(c2)OCCO3)c1. The molecule has 0 unspecified atom stereocenters. The van der Waals surface area contributed by atoms with Crippen LogP contribution in [0.1, 0.15) is 36.7 Å². The first-order valence-electron chi connectivity index (χ1n) is 8.67. The molecule has 1 aromatic heterocycles. The topological polar surface area (TPSA) is 72.5 Å². The Labute approximate surface area is 147 Å². The molecule has 0 radical (unpaired) electrons. The van der Waals surface area contributed by atoms with Crippen LogP contribution in [0, 0.1) is 0 Å². The van der Waals surface area contributed by atoms with E-state index in [2.05, 4.69) is 22.5 Å². The molecule has 0 atom stereocenters. The lowest BCUT2D eigenvalue weighted by Crippen LogP contribution is -2.17. The zero-order valence-electron chi connectivity index (χ0n) is 14.4. The van der Waals surface area contributed by atoms with E-state index >= 15 is 0 Å². The quantitative estimate of drug-likeness (QED) is 0.751. The van der Waals surface area contributed by atoms with E-state index in [0.717, 1.165) is 18.7 Å². The summed E-state index contributed by atoms with van der Waals surface area (Å²) in [6, 6.07) is 8.98. The van der Waals surface area contributed by atoms with Gasteiger partial charge in [-0.25, -0.2) is 0 Å². The number of unbranched alkanes of at least 4 members (excludes halogenated alkanes) is 2. The number of amides is 1. The number of aromatic nitrogens is 1. The van der Waals surface area contributed by atoms with Crippen LogP contribution in [0.5, 0.6) is 11.5 Å². The fourth-order valence-corrected chi connectivity index (χ4v) is 2.59. The van der Waals surface area contributed by atoms with Crippen molar-refractivity contribution >= 4 is 17.3 Å². The minimum Gasteiger partial charge on any atom is -0.486 e. The summed E-state index contributed by atoms with van der Waals surface area (Å²) in [6.07, 6.45) is 5.12. The van der Waals surface area contributed by atoms with Crippen molar-refractivity contribution in [2.75, 3.05) is 30.4 Å². The second-order valence-corrected chi connectivity index (χ2v) is 5.88. The second-order valence-electron chi connectivity index (χ2n) is 5.88. The van der Waals surface area contributed by atoms with Gasteiger partial charge in [-0.1, -0.05) is 19.8 Å². The van der Waals surface area contributed by atoms with Gasteiger partial charge in [0, 0.05) is 30.2 Å². The Balaban J connectivity index is 1.63. The molecule has 0 fully saturated rings. The lowest BCUT2D eigenvalue weighted by molar-refractivity contribution is 0.102. The Morgan fingerprint density at radius 3 is 2.76 bits per heavy atom. The summed E-state index contributed by atoms with van der Waals surface area (Å²) < 4.78 is 11.0. The first-order valence-corrected chi connectivity index (χ1v) is 8.67. The molecular weight excluding hydrogens is 318 g/mol. The largest absolute Gasteiger partial charge is 0.486 e. The molecule has 0 saturated heterocycles. The number of rotatable bonds is 7. The van der Waals surface area contributed by atoms with Gasteiger partial charge in [-0.15, -0.1) is 0 Å². The summed E-state index contributed by atoms with van der Waals surface area (Å²) in [5.74, 6) is 1.08. The molecule has 25 heavy (non-hydrogen) atoms. The highest BCUT2D eigenvalue weighted by atomic mass is 16.6. The number of benzene rings is 1. The maximum atomic E-state index is 12.4. The standard InChI is InChI=1S/C19H23N3O3/c1-2-3-4-8-20-14-7-9-21-16(12-14)19(23)22-15-5-6-17-18(13-15)25-11-10-24-17/h5-7,9,12-13H,2-4,8,10-11H2,1H3,(H,20,21)(H,22,23). The number of nitrogens with zero attached hydrogens (tertiary/aromatic N) is 1. The van der Waals surface area contributed by atoms with Gasteiger partial charge in [-0.2, -0.15) is 0 Å². The fraction of sp³-hybridized carbons (Fsp3) is 0.368. The third-order valence-corrected chi connectivity index (χ3v) is 3.90. The van der Waals surface area contributed by atoms with Gasteiger partial charge in [0.05, 0.1) is 0 Å². The molecule has 0 aliphatic carbocycles. The maximum absolute atomic E-state index is 12.4. The Kier molecular flexibility index (Phi) is 5.72. The van der Waals surface area contributed by atoms with Gasteiger partial charge < -0.3 is 20.1 Å². The van der Waals surface area contributed by atoms with E-state index in [1.165, 1.54) is 12.8 Å². The molecule has 1 amide bonds. The third-order valence-electron chi connectivity index (χ3n) is 3.90. The van der Waals surface area contributed by atoms with Crippen LogP contribution in [0.15, 0.2) is 36.5 Å². The van der Waals surface area contributed by atoms with Crippen LogP contribution < -0.4 is 20.1 Å². The Morgan fingerprint density at radius 2 is 1.92 bits per heavy atom. The van der Waals surface area contributed by atoms with Crippen LogP contribution >= 0.6 is 0 Å². The molecule has 2 aromatic rings. The molecule has 6 heteroatoms. The van der Waals surface area contributed by atoms with Crippen molar-refractivity contribution in [3.05, 3.63) is 42.2 Å². The summed E-state index contributed by atoms with van der Waals surface area (Å²) in [4.78, 5) is 16.6. The lowest BCUT2D eigenvalue weighted by atomic mass is 10.2. The molecule has 0 spiro atoms. The van der Waals surface area contributed by atoms with Crippen molar-refractivity contribution in [2.45, 2.75) is 26.2 Å². The molecule has 3 rings (SSSR count). The van der Waals surface area contributed by atoms with Crippen molar-refractivity contribution in [3.8, 4) is 11.5 Å². The Hall–Kier alpha value is -2.76. The maximum Gasteiger partial charge on any atom is 0.274 e. The van der Waals surface area contributed by atoms with Crippen LogP contribution in [0.25, 0.3) is 0 Å². The van der Waals surface area contributed by atoms with Gasteiger partial charge in [0.1, 0.15) is 18.9 Å². The van der Waals surface area contributed by atoms with Crippen molar-refractivity contribution < 1.29 is 14.3 Å². The number of hydrogen-bond acceptors (Lipinski definition) is 5. The van der Waals surface area contributed by atoms with E-state index in [4.69, 9.17) is 9.47 Å². The number of fused-ring (bicyclic) bond motifs is 1. The van der Waals surface area contributed by atoms with Crippen molar-refractivity contribution in [3.63, 3.8) is 0 Å². The molecule has 132 valence electrons. The molecule has 1 aliphatic heterocycles. The van der Waals surface area contributed by atoms with E-state index in [-0.39, 0.29) is 5.91 Å². The van der Waals surface area contributed by atoms with E-state index in [1.807, 2.05) is 6.07 Å². The zero-order chi connectivity index (χ0) is 17.5. The smallest absolute Gasteiger partial charge is 0.274 e. The molecule has 6 nitrogen and oxygen atoms in total. The van der Waals surface area contributed by atoms with Gasteiger partial charge in [-0.3, -0.25) is 9.78 Å². The summed E-state index contributed by atoms with van der Waals surface area (Å²) >= 11 is 0. The summed E-state index contributed by atoms with van der Waals surface area (Å²) in [5.41, 5.74) is 1.92. The van der Waals surface area contributed by atoms with Gasteiger partial charge in [0.25, 0.3) is 5.91 Å². The van der Waals surface area contributed by atoms with E-state index < -0.39 is 0 Å². The monoisotopic (exact) mass is 341 g/mol. The van der Waals surface area contributed by atoms with Crippen molar-refractivity contribution in [1.82, 2.24) is 4.98 Å².